The van der Waals surface area contributed by atoms with Crippen LogP contribution in [0.15, 0.2) is 22.7 Å². The number of amides is 1. The molecule has 0 aliphatic heterocycles. The molecular formula is C10H11BrFNO3. The summed E-state index contributed by atoms with van der Waals surface area (Å²) < 4.78 is 13.7. The fourth-order valence-corrected chi connectivity index (χ4v) is 1.64. The molecular weight excluding hydrogens is 281 g/mol. The highest BCUT2D eigenvalue weighted by Gasteiger charge is 2.18. The molecule has 88 valence electrons. The Morgan fingerprint density at radius 1 is 1.44 bits per heavy atom. The molecule has 1 aromatic carbocycles. The van der Waals surface area contributed by atoms with Crippen LogP contribution in [0.5, 0.6) is 0 Å². The molecule has 1 rings (SSSR count). The van der Waals surface area contributed by atoms with E-state index in [1.165, 1.54) is 12.1 Å². The zero-order valence-electron chi connectivity index (χ0n) is 8.28. The van der Waals surface area contributed by atoms with Crippen LogP contribution in [0.2, 0.25) is 0 Å². The average molecular weight is 292 g/mol. The Labute approximate surface area is 100 Å². The number of hydrogen-bond donors (Lipinski definition) is 3. The topological polar surface area (TPSA) is 69.6 Å². The third kappa shape index (κ3) is 3.01. The van der Waals surface area contributed by atoms with Crippen molar-refractivity contribution in [3.8, 4) is 0 Å². The van der Waals surface area contributed by atoms with E-state index < -0.39 is 31.0 Å². The number of aliphatic hydroxyl groups is 2. The van der Waals surface area contributed by atoms with Crippen LogP contribution in [0.3, 0.4) is 0 Å². The Morgan fingerprint density at radius 3 is 2.56 bits per heavy atom. The lowest BCUT2D eigenvalue weighted by Crippen LogP contribution is -2.40. The van der Waals surface area contributed by atoms with E-state index in [4.69, 9.17) is 10.2 Å². The van der Waals surface area contributed by atoms with Crippen molar-refractivity contribution >= 4 is 21.8 Å². The lowest BCUT2D eigenvalue weighted by atomic mass is 10.2. The van der Waals surface area contributed by atoms with Crippen LogP contribution < -0.4 is 5.32 Å². The fraction of sp³-hybridized carbons (Fsp3) is 0.300. The molecule has 0 spiro atoms. The average Bonchev–Trinajstić information content (AvgIpc) is 2.25. The summed E-state index contributed by atoms with van der Waals surface area (Å²) in [6, 6.07) is 3.36. The predicted octanol–water partition coefficient (Wildman–Crippen LogP) is 0.671. The lowest BCUT2D eigenvalue weighted by molar-refractivity contribution is 0.0874. The Kier molecular flexibility index (Phi) is 4.85. The van der Waals surface area contributed by atoms with Gasteiger partial charge in [0.05, 0.1) is 24.8 Å². The van der Waals surface area contributed by atoms with Crippen LogP contribution in [-0.2, 0) is 0 Å². The maximum Gasteiger partial charge on any atom is 0.255 e. The summed E-state index contributed by atoms with van der Waals surface area (Å²) in [6.45, 7) is -0.817. The van der Waals surface area contributed by atoms with Gasteiger partial charge in [0, 0.05) is 4.47 Å². The second kappa shape index (κ2) is 5.93. The van der Waals surface area contributed by atoms with Crippen LogP contribution in [0, 0.1) is 5.82 Å². The number of nitrogens with one attached hydrogen (secondary N) is 1. The van der Waals surface area contributed by atoms with Crippen molar-refractivity contribution in [2.45, 2.75) is 6.04 Å². The van der Waals surface area contributed by atoms with E-state index in [2.05, 4.69) is 21.2 Å². The van der Waals surface area contributed by atoms with Gasteiger partial charge in [0.2, 0.25) is 0 Å². The van der Waals surface area contributed by atoms with E-state index in [1.54, 1.807) is 0 Å². The Balaban J connectivity index is 2.88. The second-order valence-corrected chi connectivity index (χ2v) is 3.99. The van der Waals surface area contributed by atoms with E-state index in [-0.39, 0.29) is 5.56 Å². The molecule has 0 saturated heterocycles. The van der Waals surface area contributed by atoms with Gasteiger partial charge in [-0.05, 0) is 28.1 Å². The SMILES string of the molecule is O=C(NC(CO)CO)c1c(F)cccc1Br. The molecule has 6 heteroatoms. The van der Waals surface area contributed by atoms with E-state index in [9.17, 15) is 9.18 Å². The summed E-state index contributed by atoms with van der Waals surface area (Å²) >= 11 is 3.06. The van der Waals surface area contributed by atoms with Crippen molar-refractivity contribution in [1.29, 1.82) is 0 Å². The van der Waals surface area contributed by atoms with Gasteiger partial charge in [0.25, 0.3) is 5.91 Å². The first-order valence-corrected chi connectivity index (χ1v) is 5.36. The fourth-order valence-electron chi connectivity index (χ4n) is 1.12. The molecule has 0 saturated carbocycles. The molecule has 0 fully saturated rings. The number of carbonyl (C=O) groups excluding carboxylic acids is 1. The Morgan fingerprint density at radius 2 is 2.06 bits per heavy atom. The molecule has 1 amide bonds. The molecule has 4 nitrogen and oxygen atoms in total. The summed E-state index contributed by atoms with van der Waals surface area (Å²) in [5, 5.41) is 19.9. The molecule has 0 bridgehead atoms. The van der Waals surface area contributed by atoms with Gasteiger partial charge in [0.1, 0.15) is 5.82 Å². The van der Waals surface area contributed by atoms with Crippen LogP contribution in [0.1, 0.15) is 10.4 Å². The zero-order valence-corrected chi connectivity index (χ0v) is 9.87. The Bertz CT molecular complexity index is 362. The highest BCUT2D eigenvalue weighted by molar-refractivity contribution is 9.10. The highest BCUT2D eigenvalue weighted by Crippen LogP contribution is 2.19. The number of halogens is 2. The van der Waals surface area contributed by atoms with Gasteiger partial charge in [-0.25, -0.2) is 4.39 Å². The molecule has 1 aromatic rings. The third-order valence-corrected chi connectivity index (χ3v) is 2.63. The molecule has 0 aliphatic rings. The largest absolute Gasteiger partial charge is 0.394 e. The monoisotopic (exact) mass is 291 g/mol. The standard InChI is InChI=1S/C10H11BrFNO3/c11-7-2-1-3-8(12)9(7)10(16)13-6(4-14)5-15/h1-3,6,14-15H,4-5H2,(H,13,16). The maximum atomic E-state index is 13.3. The van der Waals surface area contributed by atoms with Crippen molar-refractivity contribution < 1.29 is 19.4 Å². The minimum Gasteiger partial charge on any atom is -0.394 e. The number of carbonyl (C=O) groups is 1. The first-order valence-electron chi connectivity index (χ1n) is 4.56. The molecule has 0 unspecified atom stereocenters. The third-order valence-electron chi connectivity index (χ3n) is 1.97. The molecule has 3 N–H and O–H groups in total. The predicted molar refractivity (Wildman–Crippen MR) is 59.5 cm³/mol. The van der Waals surface area contributed by atoms with Crippen LogP contribution >= 0.6 is 15.9 Å². The lowest BCUT2D eigenvalue weighted by Gasteiger charge is -2.14. The van der Waals surface area contributed by atoms with E-state index in [0.29, 0.717) is 4.47 Å². The minimum atomic E-state index is -0.793. The van der Waals surface area contributed by atoms with Crippen molar-refractivity contribution in [1.82, 2.24) is 5.32 Å². The highest BCUT2D eigenvalue weighted by atomic mass is 79.9. The quantitative estimate of drug-likeness (QED) is 0.764. The molecule has 0 heterocycles. The van der Waals surface area contributed by atoms with Crippen molar-refractivity contribution in [2.75, 3.05) is 13.2 Å². The number of rotatable bonds is 4. The zero-order chi connectivity index (χ0) is 12.1. The second-order valence-electron chi connectivity index (χ2n) is 3.13. The summed E-state index contributed by atoms with van der Waals surface area (Å²) in [5.41, 5.74) is -0.144. The van der Waals surface area contributed by atoms with Gasteiger partial charge in [-0.2, -0.15) is 0 Å². The first-order chi connectivity index (χ1) is 7.60. The van der Waals surface area contributed by atoms with Crippen molar-refractivity contribution in [3.05, 3.63) is 34.1 Å². The molecule has 0 aromatic heterocycles. The smallest absolute Gasteiger partial charge is 0.255 e. The normalized spacial score (nSPS) is 10.6. The molecule has 0 radical (unpaired) electrons. The summed E-state index contributed by atoms with van der Waals surface area (Å²) in [7, 11) is 0. The van der Waals surface area contributed by atoms with Gasteiger partial charge in [0.15, 0.2) is 0 Å². The van der Waals surface area contributed by atoms with Crippen molar-refractivity contribution in [3.63, 3.8) is 0 Å². The van der Waals surface area contributed by atoms with Crippen LogP contribution in [-0.4, -0.2) is 35.4 Å². The number of hydrogen-bond acceptors (Lipinski definition) is 3. The van der Waals surface area contributed by atoms with Gasteiger partial charge in [-0.1, -0.05) is 6.07 Å². The van der Waals surface area contributed by atoms with Crippen LogP contribution in [0.4, 0.5) is 4.39 Å². The molecule has 0 aliphatic carbocycles. The number of benzene rings is 1. The van der Waals surface area contributed by atoms with Crippen molar-refractivity contribution in [2.24, 2.45) is 0 Å². The van der Waals surface area contributed by atoms with Gasteiger partial charge < -0.3 is 15.5 Å². The number of aliphatic hydroxyl groups excluding tert-OH is 2. The van der Waals surface area contributed by atoms with Gasteiger partial charge in [-0.3, -0.25) is 4.79 Å². The van der Waals surface area contributed by atoms with Crippen LogP contribution in [0.25, 0.3) is 0 Å². The minimum absolute atomic E-state index is 0.144. The molecule has 16 heavy (non-hydrogen) atoms. The molecule has 0 atom stereocenters. The van der Waals surface area contributed by atoms with E-state index >= 15 is 0 Å². The van der Waals surface area contributed by atoms with E-state index in [1.807, 2.05) is 0 Å². The van der Waals surface area contributed by atoms with Gasteiger partial charge >= 0.3 is 0 Å². The maximum absolute atomic E-state index is 13.3. The van der Waals surface area contributed by atoms with Gasteiger partial charge in [-0.15, -0.1) is 0 Å². The van der Waals surface area contributed by atoms with E-state index in [0.717, 1.165) is 6.07 Å². The summed E-state index contributed by atoms with van der Waals surface area (Å²) in [6.07, 6.45) is 0. The first kappa shape index (κ1) is 13.1. The summed E-state index contributed by atoms with van der Waals surface area (Å²) in [4.78, 5) is 11.6. The summed E-state index contributed by atoms with van der Waals surface area (Å²) in [5.74, 6) is -1.35. The Hall–Kier alpha value is -0.980.